The Balaban J connectivity index is 1.30. The van der Waals surface area contributed by atoms with Crippen LogP contribution in [0.5, 0.6) is 5.75 Å². The molecule has 11 heteroatoms. The molecule has 0 bridgehead atoms. The number of imidazole rings is 1. The Morgan fingerprint density at radius 3 is 2.46 bits per heavy atom. The lowest BCUT2D eigenvalue weighted by atomic mass is 9.99. The maximum absolute atomic E-state index is 13.5. The highest BCUT2D eigenvalue weighted by Gasteiger charge is 2.16. The predicted molar refractivity (Wildman–Crippen MR) is 210 cm³/mol. The number of ether oxygens (including phenoxy) is 2. The number of hydrogen-bond donors (Lipinski definition) is 1. The minimum absolute atomic E-state index is 0.219. The summed E-state index contributed by atoms with van der Waals surface area (Å²) >= 11 is -1.23. The fraction of sp³-hybridized carbons (Fsp3) is 0.341. The van der Waals surface area contributed by atoms with Crippen molar-refractivity contribution in [3.8, 4) is 16.9 Å². The molecular formula is C41H50N6O4S. The van der Waals surface area contributed by atoms with Gasteiger partial charge in [-0.15, -0.1) is 0 Å². The van der Waals surface area contributed by atoms with Gasteiger partial charge in [-0.1, -0.05) is 38.5 Å². The highest BCUT2D eigenvalue weighted by Crippen LogP contribution is 2.31. The molecule has 0 saturated heterocycles. The molecule has 0 unspecified atom stereocenters. The summed E-state index contributed by atoms with van der Waals surface area (Å²) in [4.78, 5) is 20.6. The summed E-state index contributed by atoms with van der Waals surface area (Å²) in [5.74, 6) is 0.960. The Bertz CT molecular complexity index is 1900. The van der Waals surface area contributed by atoms with Gasteiger partial charge in [-0.3, -0.25) is 9.48 Å². The average Bonchev–Trinajstić information content (AvgIpc) is 3.77. The zero-order valence-electron chi connectivity index (χ0n) is 30.9. The Morgan fingerprint density at radius 1 is 0.981 bits per heavy atom. The number of amides is 1. The quantitative estimate of drug-likeness (QED) is 0.0525. The molecule has 0 aliphatic heterocycles. The molecule has 52 heavy (non-hydrogen) atoms. The number of aryl methyl sites for hydroxylation is 2. The van der Waals surface area contributed by atoms with E-state index < -0.39 is 11.2 Å². The van der Waals surface area contributed by atoms with Gasteiger partial charge < -0.3 is 28.8 Å². The summed E-state index contributed by atoms with van der Waals surface area (Å²) in [5.41, 5.74) is 7.16. The lowest BCUT2D eigenvalue weighted by Crippen LogP contribution is -2.17. The van der Waals surface area contributed by atoms with Crippen molar-refractivity contribution >= 4 is 34.5 Å². The standard InChI is InChI=1S/C41H50N6O4S/c1-6-8-20-50-21-22-51-38-14-9-33(10-15-38)34-11-18-40(45(4)27-32-25-43-46(5)28-32)35(24-34)23-31(3)41(48)44-36-12-16-39(17-13-36)52(49)29-37-26-42-30-47(37)19-7-2/h9-18,23-26,28,30H,6-8,19-22,27,29H2,1-5H3,(H,44,48)/b31-23+/t52-/m0/s1. The van der Waals surface area contributed by atoms with E-state index in [1.807, 2.05) is 68.3 Å². The summed E-state index contributed by atoms with van der Waals surface area (Å²) in [5, 5.41) is 7.33. The van der Waals surface area contributed by atoms with E-state index >= 15 is 0 Å². The van der Waals surface area contributed by atoms with Crippen molar-refractivity contribution in [3.05, 3.63) is 114 Å². The number of carbonyl (C=O) groups excluding carboxylic acids is 1. The maximum Gasteiger partial charge on any atom is 0.251 e. The number of benzene rings is 3. The second kappa shape index (κ2) is 19.1. The smallest absolute Gasteiger partial charge is 0.251 e. The molecule has 274 valence electrons. The normalized spacial score (nSPS) is 12.2. The molecule has 0 aliphatic rings. The summed E-state index contributed by atoms with van der Waals surface area (Å²) < 4.78 is 28.4. The van der Waals surface area contributed by atoms with E-state index in [1.54, 1.807) is 41.5 Å². The van der Waals surface area contributed by atoms with E-state index in [1.165, 1.54) is 0 Å². The second-order valence-electron chi connectivity index (χ2n) is 12.9. The largest absolute Gasteiger partial charge is 0.611 e. The molecule has 1 N–H and O–H groups in total. The molecule has 1 amide bonds. The Labute approximate surface area is 310 Å². The fourth-order valence-electron chi connectivity index (χ4n) is 5.77. The van der Waals surface area contributed by atoms with Crippen LogP contribution in [-0.4, -0.2) is 56.7 Å². The summed E-state index contributed by atoms with van der Waals surface area (Å²) in [6, 6.07) is 21.5. The van der Waals surface area contributed by atoms with Crippen LogP contribution < -0.4 is 15.0 Å². The van der Waals surface area contributed by atoms with Crippen LogP contribution in [0.3, 0.4) is 0 Å². The van der Waals surface area contributed by atoms with Crippen LogP contribution in [0.25, 0.3) is 17.2 Å². The van der Waals surface area contributed by atoms with Gasteiger partial charge in [0.15, 0.2) is 10.6 Å². The van der Waals surface area contributed by atoms with Gasteiger partial charge in [0.25, 0.3) is 5.91 Å². The number of unbranched alkanes of at least 4 members (excludes halogenated alkanes) is 1. The summed E-state index contributed by atoms with van der Waals surface area (Å²) in [7, 11) is 3.94. The number of carbonyl (C=O) groups is 1. The minimum Gasteiger partial charge on any atom is -0.611 e. The third kappa shape index (κ3) is 10.8. The van der Waals surface area contributed by atoms with Crippen molar-refractivity contribution < 1.29 is 18.8 Å². The van der Waals surface area contributed by atoms with Crippen LogP contribution >= 0.6 is 0 Å². The number of rotatable bonds is 19. The number of hydrogen-bond acceptors (Lipinski definition) is 7. The first-order chi connectivity index (χ1) is 25.2. The molecule has 2 aromatic heterocycles. The average molecular weight is 723 g/mol. The Hall–Kier alpha value is -4.84. The molecule has 2 heterocycles. The van der Waals surface area contributed by atoms with Crippen molar-refractivity contribution in [3.63, 3.8) is 0 Å². The van der Waals surface area contributed by atoms with E-state index in [0.717, 1.165) is 71.8 Å². The fourth-order valence-corrected chi connectivity index (χ4v) is 6.88. The van der Waals surface area contributed by atoms with Crippen LogP contribution in [-0.2, 0) is 46.6 Å². The van der Waals surface area contributed by atoms with Gasteiger partial charge in [0, 0.05) is 62.5 Å². The number of aromatic nitrogens is 4. The van der Waals surface area contributed by atoms with Crippen LogP contribution in [0.2, 0.25) is 0 Å². The van der Waals surface area contributed by atoms with Crippen LogP contribution in [0, 0.1) is 0 Å². The first-order valence-corrected chi connectivity index (χ1v) is 19.2. The summed E-state index contributed by atoms with van der Waals surface area (Å²) in [6.45, 7) is 9.39. The van der Waals surface area contributed by atoms with Gasteiger partial charge in [-0.2, -0.15) is 5.10 Å². The first-order valence-electron chi connectivity index (χ1n) is 17.8. The first kappa shape index (κ1) is 38.4. The van der Waals surface area contributed by atoms with Gasteiger partial charge in [0.2, 0.25) is 0 Å². The zero-order valence-corrected chi connectivity index (χ0v) is 31.7. The van der Waals surface area contributed by atoms with Gasteiger partial charge in [-0.05, 0) is 102 Å². The van der Waals surface area contributed by atoms with Crippen LogP contribution in [0.15, 0.2) is 102 Å². The highest BCUT2D eigenvalue weighted by molar-refractivity contribution is 7.90. The molecule has 5 rings (SSSR count). The molecule has 0 fully saturated rings. The van der Waals surface area contributed by atoms with Crippen molar-refractivity contribution in [1.82, 2.24) is 19.3 Å². The molecule has 10 nitrogen and oxygen atoms in total. The minimum atomic E-state index is -1.23. The van der Waals surface area contributed by atoms with E-state index in [-0.39, 0.29) is 5.91 Å². The van der Waals surface area contributed by atoms with E-state index in [4.69, 9.17) is 9.47 Å². The molecule has 1 atom stereocenters. The van der Waals surface area contributed by atoms with Crippen LogP contribution in [0.4, 0.5) is 11.4 Å². The summed E-state index contributed by atoms with van der Waals surface area (Å²) in [6.07, 6.45) is 12.5. The van der Waals surface area contributed by atoms with Gasteiger partial charge in [-0.25, -0.2) is 4.98 Å². The molecule has 0 saturated carbocycles. The highest BCUT2D eigenvalue weighted by atomic mass is 32.2. The van der Waals surface area contributed by atoms with Crippen LogP contribution in [0.1, 0.15) is 56.9 Å². The van der Waals surface area contributed by atoms with Gasteiger partial charge in [0.1, 0.15) is 12.4 Å². The van der Waals surface area contributed by atoms with Crippen molar-refractivity contribution in [2.45, 2.75) is 63.8 Å². The molecule has 3 aromatic carbocycles. The third-order valence-electron chi connectivity index (χ3n) is 8.59. The number of anilines is 2. The lowest BCUT2D eigenvalue weighted by Gasteiger charge is -2.22. The van der Waals surface area contributed by atoms with Crippen molar-refractivity contribution in [2.24, 2.45) is 7.05 Å². The van der Waals surface area contributed by atoms with E-state index in [2.05, 4.69) is 52.3 Å². The monoisotopic (exact) mass is 722 g/mol. The molecular weight excluding hydrogens is 673 g/mol. The topological polar surface area (TPSA) is 110 Å². The zero-order chi connectivity index (χ0) is 36.9. The number of nitrogens with one attached hydrogen (secondary N) is 1. The molecule has 0 aliphatic carbocycles. The molecule has 5 aromatic rings. The van der Waals surface area contributed by atoms with E-state index in [0.29, 0.717) is 41.7 Å². The molecule has 0 spiro atoms. The van der Waals surface area contributed by atoms with Gasteiger partial charge >= 0.3 is 0 Å². The van der Waals surface area contributed by atoms with Gasteiger partial charge in [0.05, 0.1) is 31.0 Å². The Kier molecular flexibility index (Phi) is 14.1. The molecule has 0 radical (unpaired) electrons. The number of nitrogens with zero attached hydrogens (tertiary/aromatic N) is 5. The van der Waals surface area contributed by atoms with Crippen molar-refractivity contribution in [1.29, 1.82) is 0 Å². The lowest BCUT2D eigenvalue weighted by molar-refractivity contribution is -0.112. The Morgan fingerprint density at radius 2 is 1.75 bits per heavy atom. The van der Waals surface area contributed by atoms with E-state index in [9.17, 15) is 9.35 Å². The second-order valence-corrected chi connectivity index (χ2v) is 14.3. The SMILES string of the molecule is CCCCOCCOc1ccc(-c2ccc(N(C)Cc3cnn(C)c3)c(/C=C(\C)C(=O)Nc3ccc([S@@+]([O-])Cc4cncn4CCC)cc3)c2)cc1. The van der Waals surface area contributed by atoms with Crippen molar-refractivity contribution in [2.75, 3.05) is 37.1 Å². The maximum atomic E-state index is 13.5. The predicted octanol–water partition coefficient (Wildman–Crippen LogP) is 7.88. The third-order valence-corrected chi connectivity index (χ3v) is 9.95.